The van der Waals surface area contributed by atoms with Gasteiger partial charge < -0.3 is 14.8 Å². The van der Waals surface area contributed by atoms with Crippen molar-refractivity contribution in [2.45, 2.75) is 19.4 Å². The van der Waals surface area contributed by atoms with Crippen molar-refractivity contribution in [2.24, 2.45) is 0 Å². The predicted octanol–water partition coefficient (Wildman–Crippen LogP) is 0.855. The summed E-state index contributed by atoms with van der Waals surface area (Å²) in [6, 6.07) is 5.63. The Bertz CT molecular complexity index is 668. The number of aryl methyl sites for hydroxylation is 1. The van der Waals surface area contributed by atoms with Crippen LogP contribution in [0.25, 0.3) is 0 Å². The van der Waals surface area contributed by atoms with Crippen molar-refractivity contribution in [3.05, 3.63) is 35.2 Å². The minimum atomic E-state index is -0.249. The number of hydrogen-bond acceptors (Lipinski definition) is 5. The largest absolute Gasteiger partial charge is 0.493 e. The van der Waals surface area contributed by atoms with E-state index in [1.54, 1.807) is 14.0 Å². The average Bonchev–Trinajstić information content (AvgIpc) is 2.92. The van der Waals surface area contributed by atoms with E-state index in [0.29, 0.717) is 30.2 Å². The summed E-state index contributed by atoms with van der Waals surface area (Å²) in [7, 11) is 1.61. The Labute approximate surface area is 121 Å². The third-order valence-electron chi connectivity index (χ3n) is 3.45. The zero-order valence-corrected chi connectivity index (χ0v) is 11.8. The molecule has 1 atom stereocenters. The van der Waals surface area contributed by atoms with Crippen LogP contribution in [0, 0.1) is 6.92 Å². The van der Waals surface area contributed by atoms with E-state index in [2.05, 4.69) is 20.7 Å². The Morgan fingerprint density at radius 1 is 1.48 bits per heavy atom. The van der Waals surface area contributed by atoms with Crippen molar-refractivity contribution >= 4 is 5.91 Å². The number of methoxy groups -OCH3 is 1. The molecule has 0 saturated heterocycles. The fraction of sp³-hybridized carbons (Fsp3) is 0.357. The molecule has 21 heavy (non-hydrogen) atoms. The molecule has 1 amide bonds. The van der Waals surface area contributed by atoms with Gasteiger partial charge in [0.15, 0.2) is 17.2 Å². The summed E-state index contributed by atoms with van der Waals surface area (Å²) < 4.78 is 11.0. The van der Waals surface area contributed by atoms with Crippen molar-refractivity contribution in [3.8, 4) is 11.5 Å². The van der Waals surface area contributed by atoms with Gasteiger partial charge in [0.1, 0.15) is 6.61 Å². The lowest BCUT2D eigenvalue weighted by atomic mass is 10.0. The lowest BCUT2D eigenvalue weighted by Gasteiger charge is -2.26. The fourth-order valence-corrected chi connectivity index (χ4v) is 2.40. The number of aromatic nitrogens is 3. The van der Waals surface area contributed by atoms with Crippen molar-refractivity contribution < 1.29 is 14.3 Å². The molecule has 0 fully saturated rings. The molecule has 2 N–H and O–H groups in total. The Morgan fingerprint density at radius 2 is 2.33 bits per heavy atom. The maximum atomic E-state index is 12.1. The molecule has 7 heteroatoms. The second-order valence-corrected chi connectivity index (χ2v) is 4.89. The minimum Gasteiger partial charge on any atom is -0.493 e. The molecule has 2 heterocycles. The number of benzene rings is 1. The van der Waals surface area contributed by atoms with Gasteiger partial charge in [-0.1, -0.05) is 12.1 Å². The van der Waals surface area contributed by atoms with Crippen LogP contribution in [0.5, 0.6) is 11.5 Å². The number of aromatic amines is 1. The quantitative estimate of drug-likeness (QED) is 0.874. The summed E-state index contributed by atoms with van der Waals surface area (Å²) in [5.74, 6) is 1.22. The number of ether oxygens (including phenoxy) is 2. The minimum absolute atomic E-state index is 0.104. The second kappa shape index (κ2) is 5.43. The molecule has 0 bridgehead atoms. The van der Waals surface area contributed by atoms with Crippen LogP contribution in [0.1, 0.15) is 21.7 Å². The van der Waals surface area contributed by atoms with Crippen LogP contribution in [0.2, 0.25) is 0 Å². The summed E-state index contributed by atoms with van der Waals surface area (Å²) in [6.45, 7) is 2.13. The number of H-pyrrole nitrogens is 1. The van der Waals surface area contributed by atoms with Gasteiger partial charge in [0, 0.05) is 5.56 Å². The van der Waals surface area contributed by atoms with Crippen LogP contribution in [-0.2, 0) is 6.42 Å². The Hall–Kier alpha value is -2.57. The maximum absolute atomic E-state index is 12.1. The molecule has 110 valence electrons. The van der Waals surface area contributed by atoms with Gasteiger partial charge in [0.2, 0.25) is 0 Å². The van der Waals surface area contributed by atoms with Crippen LogP contribution in [0.15, 0.2) is 18.2 Å². The fourth-order valence-electron chi connectivity index (χ4n) is 2.40. The van der Waals surface area contributed by atoms with Gasteiger partial charge in [-0.2, -0.15) is 15.4 Å². The number of para-hydroxylation sites is 1. The van der Waals surface area contributed by atoms with Crippen LogP contribution < -0.4 is 14.8 Å². The predicted molar refractivity (Wildman–Crippen MR) is 74.6 cm³/mol. The van der Waals surface area contributed by atoms with Gasteiger partial charge in [-0.3, -0.25) is 4.79 Å². The Balaban J connectivity index is 1.72. The molecule has 7 nitrogen and oxygen atoms in total. The first-order chi connectivity index (χ1) is 10.2. The summed E-state index contributed by atoms with van der Waals surface area (Å²) in [4.78, 5) is 12.1. The van der Waals surface area contributed by atoms with Gasteiger partial charge in [-0.25, -0.2) is 0 Å². The smallest absolute Gasteiger partial charge is 0.274 e. The molecule has 0 unspecified atom stereocenters. The van der Waals surface area contributed by atoms with E-state index < -0.39 is 0 Å². The van der Waals surface area contributed by atoms with Gasteiger partial charge in [0.25, 0.3) is 5.91 Å². The van der Waals surface area contributed by atoms with Crippen molar-refractivity contribution in [3.63, 3.8) is 0 Å². The highest BCUT2D eigenvalue weighted by molar-refractivity contribution is 5.93. The Kier molecular flexibility index (Phi) is 3.47. The number of carbonyl (C=O) groups is 1. The normalized spacial score (nSPS) is 16.8. The van der Waals surface area contributed by atoms with Crippen molar-refractivity contribution in [1.29, 1.82) is 0 Å². The molecule has 1 aliphatic rings. The number of hydrogen-bond donors (Lipinski definition) is 2. The third kappa shape index (κ3) is 2.54. The van der Waals surface area contributed by atoms with E-state index in [9.17, 15) is 4.79 Å². The van der Waals surface area contributed by atoms with E-state index >= 15 is 0 Å². The molecule has 1 aromatic carbocycles. The zero-order valence-electron chi connectivity index (χ0n) is 11.8. The third-order valence-corrected chi connectivity index (χ3v) is 3.45. The number of nitrogens with one attached hydrogen (secondary N) is 2. The highest BCUT2D eigenvalue weighted by Gasteiger charge is 2.25. The number of rotatable bonds is 3. The lowest BCUT2D eigenvalue weighted by molar-refractivity contribution is 0.0908. The second-order valence-electron chi connectivity index (χ2n) is 4.89. The zero-order chi connectivity index (χ0) is 14.8. The molecule has 1 aromatic heterocycles. The number of nitrogens with zero attached hydrogens (tertiary/aromatic N) is 2. The lowest BCUT2D eigenvalue weighted by Crippen LogP contribution is -2.43. The van der Waals surface area contributed by atoms with Crippen LogP contribution >= 0.6 is 0 Å². The van der Waals surface area contributed by atoms with E-state index in [1.165, 1.54) is 0 Å². The number of carbonyl (C=O) groups excluding carboxylic acids is 1. The SMILES string of the molecule is COc1cccc2c1OC[C@H](NC(=O)c1n[nH]nc1C)C2. The Morgan fingerprint density at radius 3 is 3.05 bits per heavy atom. The summed E-state index contributed by atoms with van der Waals surface area (Å²) >= 11 is 0. The van der Waals surface area contributed by atoms with Crippen LogP contribution in [0.4, 0.5) is 0 Å². The number of fused-ring (bicyclic) bond motifs is 1. The van der Waals surface area contributed by atoms with E-state index in [4.69, 9.17) is 9.47 Å². The molecule has 0 aliphatic carbocycles. The average molecular weight is 288 g/mol. The first kappa shape index (κ1) is 13.4. The molecule has 0 radical (unpaired) electrons. The van der Waals surface area contributed by atoms with Crippen LogP contribution in [-0.4, -0.2) is 41.1 Å². The summed E-state index contributed by atoms with van der Waals surface area (Å²) in [6.07, 6.45) is 0.690. The van der Waals surface area contributed by atoms with Gasteiger partial charge in [-0.15, -0.1) is 0 Å². The van der Waals surface area contributed by atoms with Gasteiger partial charge in [0.05, 0.1) is 18.8 Å². The molecule has 1 aliphatic heterocycles. The first-order valence-corrected chi connectivity index (χ1v) is 6.66. The summed E-state index contributed by atoms with van der Waals surface area (Å²) in [5, 5.41) is 13.0. The van der Waals surface area contributed by atoms with Crippen molar-refractivity contribution in [2.75, 3.05) is 13.7 Å². The highest BCUT2D eigenvalue weighted by Crippen LogP contribution is 2.34. The molecule has 3 rings (SSSR count). The molecule has 0 saturated carbocycles. The monoisotopic (exact) mass is 288 g/mol. The van der Waals surface area contributed by atoms with E-state index in [-0.39, 0.29) is 11.9 Å². The summed E-state index contributed by atoms with van der Waals surface area (Å²) in [5.41, 5.74) is 1.90. The molecule has 2 aromatic rings. The number of amides is 1. The van der Waals surface area contributed by atoms with Crippen LogP contribution in [0.3, 0.4) is 0 Å². The van der Waals surface area contributed by atoms with E-state index in [0.717, 1.165) is 11.3 Å². The topological polar surface area (TPSA) is 89.1 Å². The molecular formula is C14H16N4O3. The maximum Gasteiger partial charge on any atom is 0.274 e. The highest BCUT2D eigenvalue weighted by atomic mass is 16.5. The molecular weight excluding hydrogens is 272 g/mol. The molecule has 0 spiro atoms. The first-order valence-electron chi connectivity index (χ1n) is 6.66. The van der Waals surface area contributed by atoms with Gasteiger partial charge in [-0.05, 0) is 19.4 Å². The van der Waals surface area contributed by atoms with Gasteiger partial charge >= 0.3 is 0 Å². The van der Waals surface area contributed by atoms with E-state index in [1.807, 2.05) is 18.2 Å². The standard InChI is InChI=1S/C14H16N4O3/c1-8-12(17-18-16-8)14(19)15-10-6-9-4-3-5-11(20-2)13(9)21-7-10/h3-5,10H,6-7H2,1-2H3,(H,15,19)(H,16,17,18)/t10-/m1/s1. The van der Waals surface area contributed by atoms with Crippen molar-refractivity contribution in [1.82, 2.24) is 20.7 Å².